The SMILES string of the molecule is CCOc1cc(C)ccc1OCc1nnc(SCC(=O)NCc2ccc(F)cc2)n1CC. The molecular formula is C23H27FN4O3S. The highest BCUT2D eigenvalue weighted by molar-refractivity contribution is 7.99. The largest absolute Gasteiger partial charge is 0.490 e. The zero-order valence-electron chi connectivity index (χ0n) is 18.4. The molecule has 0 aliphatic rings. The van der Waals surface area contributed by atoms with Crippen LogP contribution in [0.2, 0.25) is 0 Å². The van der Waals surface area contributed by atoms with E-state index < -0.39 is 0 Å². The number of benzene rings is 2. The van der Waals surface area contributed by atoms with E-state index in [9.17, 15) is 9.18 Å². The first kappa shape index (κ1) is 23.6. The number of ether oxygens (including phenoxy) is 2. The van der Waals surface area contributed by atoms with Crippen molar-refractivity contribution in [3.05, 3.63) is 65.2 Å². The topological polar surface area (TPSA) is 78.3 Å². The van der Waals surface area contributed by atoms with Crippen molar-refractivity contribution in [2.75, 3.05) is 12.4 Å². The van der Waals surface area contributed by atoms with Gasteiger partial charge in [0.2, 0.25) is 5.91 Å². The monoisotopic (exact) mass is 458 g/mol. The first-order valence-electron chi connectivity index (χ1n) is 10.4. The number of amides is 1. The molecule has 170 valence electrons. The summed E-state index contributed by atoms with van der Waals surface area (Å²) in [6.07, 6.45) is 0. The number of thioether (sulfide) groups is 1. The molecule has 7 nitrogen and oxygen atoms in total. The van der Waals surface area contributed by atoms with Crippen LogP contribution >= 0.6 is 11.8 Å². The highest BCUT2D eigenvalue weighted by atomic mass is 32.2. The Morgan fingerprint density at radius 3 is 2.59 bits per heavy atom. The van der Waals surface area contributed by atoms with Crippen LogP contribution in [-0.2, 0) is 24.5 Å². The average Bonchev–Trinajstić information content (AvgIpc) is 3.18. The summed E-state index contributed by atoms with van der Waals surface area (Å²) in [5.41, 5.74) is 1.93. The van der Waals surface area contributed by atoms with Crippen molar-refractivity contribution < 1.29 is 18.7 Å². The van der Waals surface area contributed by atoms with Gasteiger partial charge in [-0.1, -0.05) is 30.0 Å². The fourth-order valence-electron chi connectivity index (χ4n) is 2.98. The van der Waals surface area contributed by atoms with Gasteiger partial charge < -0.3 is 19.4 Å². The summed E-state index contributed by atoms with van der Waals surface area (Å²) in [7, 11) is 0. The van der Waals surface area contributed by atoms with Gasteiger partial charge in [-0.2, -0.15) is 0 Å². The molecular weight excluding hydrogens is 431 g/mol. The predicted molar refractivity (Wildman–Crippen MR) is 121 cm³/mol. The summed E-state index contributed by atoms with van der Waals surface area (Å²) < 4.78 is 26.5. The van der Waals surface area contributed by atoms with Gasteiger partial charge in [-0.3, -0.25) is 4.79 Å². The fraction of sp³-hybridized carbons (Fsp3) is 0.348. The zero-order valence-corrected chi connectivity index (χ0v) is 19.2. The van der Waals surface area contributed by atoms with Crippen molar-refractivity contribution in [2.45, 2.75) is 45.6 Å². The lowest BCUT2D eigenvalue weighted by Gasteiger charge is -2.13. The lowest BCUT2D eigenvalue weighted by atomic mass is 10.2. The van der Waals surface area contributed by atoms with Gasteiger partial charge in [-0.05, 0) is 56.2 Å². The van der Waals surface area contributed by atoms with Crippen LogP contribution in [0.25, 0.3) is 0 Å². The number of halogens is 1. The minimum Gasteiger partial charge on any atom is -0.490 e. The van der Waals surface area contributed by atoms with E-state index >= 15 is 0 Å². The summed E-state index contributed by atoms with van der Waals surface area (Å²) in [4.78, 5) is 12.2. The maximum absolute atomic E-state index is 13.0. The molecule has 2 aromatic carbocycles. The molecule has 0 radical (unpaired) electrons. The Bertz CT molecular complexity index is 1040. The summed E-state index contributed by atoms with van der Waals surface area (Å²) in [6, 6.07) is 11.8. The van der Waals surface area contributed by atoms with Gasteiger partial charge in [-0.15, -0.1) is 10.2 Å². The molecule has 0 spiro atoms. The second-order valence-electron chi connectivity index (χ2n) is 7.01. The maximum atomic E-state index is 13.0. The van der Waals surface area contributed by atoms with E-state index in [1.54, 1.807) is 12.1 Å². The number of hydrogen-bond donors (Lipinski definition) is 1. The molecule has 1 N–H and O–H groups in total. The van der Waals surface area contributed by atoms with Crippen molar-refractivity contribution >= 4 is 17.7 Å². The molecule has 32 heavy (non-hydrogen) atoms. The molecule has 0 fully saturated rings. The molecule has 0 atom stereocenters. The first-order chi connectivity index (χ1) is 15.5. The normalized spacial score (nSPS) is 10.8. The zero-order chi connectivity index (χ0) is 22.9. The molecule has 0 saturated heterocycles. The Kier molecular flexibility index (Phi) is 8.49. The Balaban J connectivity index is 1.55. The van der Waals surface area contributed by atoms with Crippen LogP contribution in [0.3, 0.4) is 0 Å². The summed E-state index contributed by atoms with van der Waals surface area (Å²) in [6.45, 7) is 7.70. The molecule has 0 unspecified atom stereocenters. The standard InChI is InChI=1S/C23H27FN4O3S/c1-4-28-21(14-31-19-11-6-16(3)12-20(19)30-5-2)26-27-23(28)32-15-22(29)25-13-17-7-9-18(24)10-8-17/h6-12H,4-5,13-15H2,1-3H3,(H,25,29). The third kappa shape index (κ3) is 6.46. The minimum absolute atomic E-state index is 0.135. The number of nitrogens with zero attached hydrogens (tertiary/aromatic N) is 3. The van der Waals surface area contributed by atoms with Crippen LogP contribution in [0.5, 0.6) is 11.5 Å². The van der Waals surface area contributed by atoms with E-state index in [0.29, 0.717) is 42.2 Å². The number of carbonyl (C=O) groups excluding carboxylic acids is 1. The minimum atomic E-state index is -0.300. The molecule has 3 aromatic rings. The van der Waals surface area contributed by atoms with E-state index in [1.807, 2.05) is 43.5 Å². The molecule has 0 saturated carbocycles. The predicted octanol–water partition coefficient (Wildman–Crippen LogP) is 4.13. The number of aryl methyl sites for hydroxylation is 1. The van der Waals surface area contributed by atoms with Crippen LogP contribution in [0.4, 0.5) is 4.39 Å². The van der Waals surface area contributed by atoms with Crippen molar-refractivity contribution in [1.82, 2.24) is 20.1 Å². The van der Waals surface area contributed by atoms with Gasteiger partial charge in [-0.25, -0.2) is 4.39 Å². The third-order valence-corrected chi connectivity index (χ3v) is 5.57. The van der Waals surface area contributed by atoms with E-state index in [2.05, 4.69) is 15.5 Å². The number of rotatable bonds is 11. The molecule has 1 aromatic heterocycles. The van der Waals surface area contributed by atoms with Gasteiger partial charge in [0.1, 0.15) is 12.4 Å². The highest BCUT2D eigenvalue weighted by Crippen LogP contribution is 2.29. The Labute approximate surface area is 191 Å². The van der Waals surface area contributed by atoms with Gasteiger partial charge in [0.15, 0.2) is 22.5 Å². The molecule has 0 bridgehead atoms. The van der Waals surface area contributed by atoms with Crippen LogP contribution in [-0.4, -0.2) is 33.0 Å². The third-order valence-electron chi connectivity index (χ3n) is 4.60. The summed E-state index contributed by atoms with van der Waals surface area (Å²) in [5, 5.41) is 11.9. The van der Waals surface area contributed by atoms with Gasteiger partial charge in [0.25, 0.3) is 0 Å². The summed E-state index contributed by atoms with van der Waals surface area (Å²) in [5.74, 6) is 1.78. The summed E-state index contributed by atoms with van der Waals surface area (Å²) >= 11 is 1.31. The smallest absolute Gasteiger partial charge is 0.230 e. The van der Waals surface area contributed by atoms with E-state index in [4.69, 9.17) is 9.47 Å². The van der Waals surface area contributed by atoms with Crippen molar-refractivity contribution in [1.29, 1.82) is 0 Å². The van der Waals surface area contributed by atoms with E-state index in [0.717, 1.165) is 11.1 Å². The van der Waals surface area contributed by atoms with Crippen molar-refractivity contribution in [2.24, 2.45) is 0 Å². The number of carbonyl (C=O) groups is 1. The van der Waals surface area contributed by atoms with E-state index in [-0.39, 0.29) is 24.1 Å². The molecule has 1 amide bonds. The van der Waals surface area contributed by atoms with E-state index in [1.165, 1.54) is 23.9 Å². The maximum Gasteiger partial charge on any atom is 0.230 e. The lowest BCUT2D eigenvalue weighted by Crippen LogP contribution is -2.24. The second-order valence-corrected chi connectivity index (χ2v) is 7.95. The lowest BCUT2D eigenvalue weighted by molar-refractivity contribution is -0.118. The van der Waals surface area contributed by atoms with Crippen molar-refractivity contribution in [3.8, 4) is 11.5 Å². The van der Waals surface area contributed by atoms with Crippen molar-refractivity contribution in [3.63, 3.8) is 0 Å². The molecule has 9 heteroatoms. The average molecular weight is 459 g/mol. The number of nitrogens with one attached hydrogen (secondary N) is 1. The first-order valence-corrected chi connectivity index (χ1v) is 11.4. The second kappa shape index (κ2) is 11.5. The van der Waals surface area contributed by atoms with Crippen LogP contribution < -0.4 is 14.8 Å². The molecule has 3 rings (SSSR count). The number of aromatic nitrogens is 3. The Morgan fingerprint density at radius 2 is 1.88 bits per heavy atom. The van der Waals surface area contributed by atoms with Crippen LogP contribution in [0, 0.1) is 12.7 Å². The Morgan fingerprint density at radius 1 is 1.09 bits per heavy atom. The van der Waals surface area contributed by atoms with Gasteiger partial charge in [0.05, 0.1) is 12.4 Å². The van der Waals surface area contributed by atoms with Gasteiger partial charge >= 0.3 is 0 Å². The van der Waals surface area contributed by atoms with Gasteiger partial charge in [0, 0.05) is 13.1 Å². The molecule has 1 heterocycles. The fourth-order valence-corrected chi connectivity index (χ4v) is 3.83. The molecule has 0 aliphatic carbocycles. The van der Waals surface area contributed by atoms with Crippen LogP contribution in [0.1, 0.15) is 30.8 Å². The molecule has 0 aliphatic heterocycles. The quantitative estimate of drug-likeness (QED) is 0.435. The number of hydrogen-bond acceptors (Lipinski definition) is 6. The van der Waals surface area contributed by atoms with Crippen LogP contribution in [0.15, 0.2) is 47.6 Å². The highest BCUT2D eigenvalue weighted by Gasteiger charge is 2.15. The Hall–Kier alpha value is -3.07.